The predicted molar refractivity (Wildman–Crippen MR) is 85.9 cm³/mol. The van der Waals surface area contributed by atoms with Crippen molar-refractivity contribution in [1.82, 2.24) is 24.2 Å². The molecule has 0 bridgehead atoms. The van der Waals surface area contributed by atoms with E-state index in [1.165, 1.54) is 0 Å². The van der Waals surface area contributed by atoms with E-state index in [9.17, 15) is 5.11 Å². The van der Waals surface area contributed by atoms with Crippen molar-refractivity contribution in [3.05, 3.63) is 35.7 Å². The Bertz CT molecular complexity index is 636. The second kappa shape index (κ2) is 7.25. The van der Waals surface area contributed by atoms with E-state index in [0.717, 1.165) is 51.5 Å². The van der Waals surface area contributed by atoms with E-state index in [-0.39, 0.29) is 0 Å². The number of aliphatic hydroxyl groups is 1. The monoisotopic (exact) mass is 319 g/mol. The van der Waals surface area contributed by atoms with Gasteiger partial charge in [0.15, 0.2) is 6.10 Å². The van der Waals surface area contributed by atoms with E-state index in [1.54, 1.807) is 6.20 Å². The second-order valence-electron chi connectivity index (χ2n) is 5.97. The topological polar surface area (TPSA) is 68.3 Å². The number of aryl methyl sites for hydroxylation is 1. The number of hydrogen-bond donors (Lipinski definition) is 1. The molecule has 126 valence electrons. The number of ether oxygens (including phenoxy) is 1. The molecule has 1 aliphatic rings. The Hall–Kier alpha value is -1.70. The maximum atomic E-state index is 10.5. The normalized spacial score (nSPS) is 16.5. The third-order valence-electron chi connectivity index (χ3n) is 4.18. The fraction of sp³-hybridized carbons (Fsp3) is 0.625. The first-order valence-electron chi connectivity index (χ1n) is 8.21. The Morgan fingerprint density at radius 1 is 1.35 bits per heavy atom. The van der Waals surface area contributed by atoms with Crippen LogP contribution < -0.4 is 0 Å². The van der Waals surface area contributed by atoms with Crippen LogP contribution >= 0.6 is 0 Å². The van der Waals surface area contributed by atoms with Crippen LogP contribution in [0.1, 0.15) is 36.7 Å². The number of nitrogens with zero attached hydrogens (tertiary/aromatic N) is 5. The standard InChI is InChI=1S/C16H25N5O2/c1-3-9-23-10-8-20-6-7-21-13(12-20)11-14(18-21)15(22)16-17-4-5-19(16)2/h4-5,11,15,22H,3,6-10,12H2,1-2H3/t15-/m0/s1. The third kappa shape index (κ3) is 3.63. The molecule has 3 heterocycles. The Labute approximate surface area is 136 Å². The Morgan fingerprint density at radius 3 is 2.96 bits per heavy atom. The van der Waals surface area contributed by atoms with Crippen molar-refractivity contribution < 1.29 is 9.84 Å². The van der Waals surface area contributed by atoms with Gasteiger partial charge in [0.25, 0.3) is 0 Å². The molecule has 0 saturated carbocycles. The van der Waals surface area contributed by atoms with Crippen LogP contribution in [0.5, 0.6) is 0 Å². The molecule has 2 aromatic rings. The largest absolute Gasteiger partial charge is 0.380 e. The molecule has 0 aromatic carbocycles. The SMILES string of the molecule is CCCOCCN1CCn2nc([C@H](O)c3nccn3C)cc2C1. The summed E-state index contributed by atoms with van der Waals surface area (Å²) in [7, 11) is 1.87. The molecular weight excluding hydrogens is 294 g/mol. The molecule has 3 rings (SSSR count). The lowest BCUT2D eigenvalue weighted by Gasteiger charge is -2.27. The summed E-state index contributed by atoms with van der Waals surface area (Å²) in [6, 6.07) is 1.98. The van der Waals surface area contributed by atoms with E-state index in [0.29, 0.717) is 11.5 Å². The summed E-state index contributed by atoms with van der Waals surface area (Å²) < 4.78 is 9.37. The minimum absolute atomic E-state index is 0.616. The zero-order valence-electron chi connectivity index (χ0n) is 13.9. The molecule has 0 unspecified atom stereocenters. The molecule has 0 saturated heterocycles. The van der Waals surface area contributed by atoms with Gasteiger partial charge in [-0.05, 0) is 12.5 Å². The number of fused-ring (bicyclic) bond motifs is 1. The maximum absolute atomic E-state index is 10.5. The molecule has 1 N–H and O–H groups in total. The van der Waals surface area contributed by atoms with E-state index in [1.807, 2.05) is 28.6 Å². The number of hydrogen-bond acceptors (Lipinski definition) is 5. The first kappa shape index (κ1) is 16.2. The van der Waals surface area contributed by atoms with Crippen molar-refractivity contribution in [1.29, 1.82) is 0 Å². The third-order valence-corrected chi connectivity index (χ3v) is 4.18. The van der Waals surface area contributed by atoms with Crippen LogP contribution in [-0.4, -0.2) is 55.6 Å². The highest BCUT2D eigenvalue weighted by Crippen LogP contribution is 2.22. The van der Waals surface area contributed by atoms with Crippen molar-refractivity contribution in [3.63, 3.8) is 0 Å². The van der Waals surface area contributed by atoms with Gasteiger partial charge in [-0.15, -0.1) is 0 Å². The van der Waals surface area contributed by atoms with E-state index < -0.39 is 6.10 Å². The van der Waals surface area contributed by atoms with Gasteiger partial charge in [-0.1, -0.05) is 6.92 Å². The lowest BCUT2D eigenvalue weighted by Crippen LogP contribution is -2.36. The zero-order chi connectivity index (χ0) is 16.2. The van der Waals surface area contributed by atoms with Crippen molar-refractivity contribution in [2.24, 2.45) is 7.05 Å². The number of aromatic nitrogens is 4. The van der Waals surface area contributed by atoms with Gasteiger partial charge in [-0.2, -0.15) is 5.10 Å². The summed E-state index contributed by atoms with van der Waals surface area (Å²) in [6.45, 7) is 7.29. The van der Waals surface area contributed by atoms with Crippen molar-refractivity contribution in [2.45, 2.75) is 32.5 Å². The molecule has 7 nitrogen and oxygen atoms in total. The molecule has 1 aliphatic heterocycles. The minimum atomic E-state index is -0.783. The Morgan fingerprint density at radius 2 is 2.22 bits per heavy atom. The predicted octanol–water partition coefficient (Wildman–Crippen LogP) is 0.940. The molecular formula is C16H25N5O2. The molecule has 0 amide bonds. The smallest absolute Gasteiger partial charge is 0.155 e. The first-order valence-corrected chi connectivity index (χ1v) is 8.21. The lowest BCUT2D eigenvalue weighted by molar-refractivity contribution is 0.0930. The lowest BCUT2D eigenvalue weighted by atomic mass is 10.2. The van der Waals surface area contributed by atoms with Gasteiger partial charge in [-0.25, -0.2) is 4.98 Å². The maximum Gasteiger partial charge on any atom is 0.155 e. The summed E-state index contributed by atoms with van der Waals surface area (Å²) in [5.74, 6) is 0.616. The summed E-state index contributed by atoms with van der Waals surface area (Å²) >= 11 is 0. The number of imidazole rings is 1. The van der Waals surface area contributed by atoms with E-state index in [4.69, 9.17) is 4.74 Å². The van der Waals surface area contributed by atoms with Gasteiger partial charge in [0.2, 0.25) is 0 Å². The average Bonchev–Trinajstić information content (AvgIpc) is 3.16. The molecule has 2 aromatic heterocycles. The van der Waals surface area contributed by atoms with Gasteiger partial charge in [0.05, 0.1) is 24.5 Å². The van der Waals surface area contributed by atoms with Crippen LogP contribution in [-0.2, 0) is 24.9 Å². The summed E-state index contributed by atoms with van der Waals surface area (Å²) in [5, 5.41) is 15.0. The summed E-state index contributed by atoms with van der Waals surface area (Å²) in [6.07, 6.45) is 3.79. The van der Waals surface area contributed by atoms with Crippen molar-refractivity contribution >= 4 is 0 Å². The van der Waals surface area contributed by atoms with E-state index in [2.05, 4.69) is 21.9 Å². The molecule has 7 heteroatoms. The molecule has 0 spiro atoms. The molecule has 0 aliphatic carbocycles. The molecule has 0 fully saturated rings. The second-order valence-corrected chi connectivity index (χ2v) is 5.97. The van der Waals surface area contributed by atoms with Crippen LogP contribution in [0.2, 0.25) is 0 Å². The fourth-order valence-electron chi connectivity index (χ4n) is 2.88. The summed E-state index contributed by atoms with van der Waals surface area (Å²) in [5.41, 5.74) is 1.80. The van der Waals surface area contributed by atoms with Gasteiger partial charge < -0.3 is 14.4 Å². The van der Waals surface area contributed by atoms with Crippen LogP contribution in [0.15, 0.2) is 18.5 Å². The van der Waals surface area contributed by atoms with Gasteiger partial charge in [-0.3, -0.25) is 9.58 Å². The van der Waals surface area contributed by atoms with Crippen LogP contribution in [0.4, 0.5) is 0 Å². The van der Waals surface area contributed by atoms with Gasteiger partial charge >= 0.3 is 0 Å². The first-order chi connectivity index (χ1) is 11.2. The van der Waals surface area contributed by atoms with Gasteiger partial charge in [0.1, 0.15) is 5.82 Å². The number of aliphatic hydroxyl groups excluding tert-OH is 1. The highest BCUT2D eigenvalue weighted by atomic mass is 16.5. The van der Waals surface area contributed by atoms with Gasteiger partial charge in [0, 0.05) is 45.7 Å². The van der Waals surface area contributed by atoms with Crippen molar-refractivity contribution in [2.75, 3.05) is 26.3 Å². The average molecular weight is 319 g/mol. The fourth-order valence-corrected chi connectivity index (χ4v) is 2.88. The van der Waals surface area contributed by atoms with Crippen LogP contribution in [0.25, 0.3) is 0 Å². The number of rotatable bonds is 7. The minimum Gasteiger partial charge on any atom is -0.380 e. The van der Waals surface area contributed by atoms with Crippen LogP contribution in [0.3, 0.4) is 0 Å². The quantitative estimate of drug-likeness (QED) is 0.769. The Balaban J connectivity index is 1.63. The molecule has 23 heavy (non-hydrogen) atoms. The van der Waals surface area contributed by atoms with Crippen LogP contribution in [0, 0.1) is 0 Å². The highest BCUT2D eigenvalue weighted by molar-refractivity contribution is 5.19. The van der Waals surface area contributed by atoms with E-state index >= 15 is 0 Å². The van der Waals surface area contributed by atoms with Crippen molar-refractivity contribution in [3.8, 4) is 0 Å². The Kier molecular flexibility index (Phi) is 5.09. The zero-order valence-corrected chi connectivity index (χ0v) is 13.9. The summed E-state index contributed by atoms with van der Waals surface area (Å²) in [4.78, 5) is 6.57. The molecule has 1 atom stereocenters. The highest BCUT2D eigenvalue weighted by Gasteiger charge is 2.23. The molecule has 0 radical (unpaired) electrons.